The van der Waals surface area contributed by atoms with Gasteiger partial charge in [0.2, 0.25) is 0 Å². The Balaban J connectivity index is 0. The Labute approximate surface area is 89.7 Å². The Morgan fingerprint density at radius 3 is 1.79 bits per heavy atom. The van der Waals surface area contributed by atoms with Crippen molar-refractivity contribution < 1.29 is 4.79 Å². The van der Waals surface area contributed by atoms with E-state index in [1.165, 1.54) is 32.1 Å². The van der Waals surface area contributed by atoms with E-state index < -0.39 is 0 Å². The molecule has 0 spiro atoms. The smallest absolute Gasteiger partial charge is 0.119 e. The second-order valence-electron chi connectivity index (χ2n) is 4.06. The van der Waals surface area contributed by atoms with Gasteiger partial charge in [-0.15, -0.1) is 0 Å². The number of nitrogens with zero attached hydrogens (tertiary/aromatic N) is 1. The van der Waals surface area contributed by atoms with E-state index in [0.717, 1.165) is 19.1 Å². The summed E-state index contributed by atoms with van der Waals surface area (Å²) in [6.45, 7) is 2.21. The van der Waals surface area contributed by atoms with E-state index in [-0.39, 0.29) is 0 Å². The minimum atomic E-state index is 0.756. The molecule has 0 N–H and O–H groups in total. The van der Waals surface area contributed by atoms with E-state index in [0.29, 0.717) is 0 Å². The lowest BCUT2D eigenvalue weighted by atomic mass is 10.1. The fourth-order valence-corrected chi connectivity index (χ4v) is 1.01. The lowest BCUT2D eigenvalue weighted by Crippen LogP contribution is -1.99. The Morgan fingerprint density at radius 2 is 1.36 bits per heavy atom. The van der Waals surface area contributed by atoms with Crippen molar-refractivity contribution in [2.24, 2.45) is 0 Å². The molecule has 0 saturated carbocycles. The van der Waals surface area contributed by atoms with E-state index in [9.17, 15) is 4.79 Å². The highest BCUT2D eigenvalue weighted by molar-refractivity contribution is 5.48. The maximum Gasteiger partial charge on any atom is 0.119 e. The highest BCUT2D eigenvalue weighted by Crippen LogP contribution is 2.05. The number of carbonyl (C=O) groups is 1. The van der Waals surface area contributed by atoms with E-state index in [1.807, 2.05) is 26.0 Å². The number of rotatable bonds is 7. The van der Waals surface area contributed by atoms with Gasteiger partial charge in [0, 0.05) is 6.42 Å². The van der Waals surface area contributed by atoms with Gasteiger partial charge in [-0.05, 0) is 27.6 Å². The molecule has 0 aliphatic carbocycles. The van der Waals surface area contributed by atoms with Crippen LogP contribution in [0, 0.1) is 0 Å². The predicted molar refractivity (Wildman–Crippen MR) is 63.7 cm³/mol. The van der Waals surface area contributed by atoms with Crippen LogP contribution < -0.4 is 0 Å². The van der Waals surface area contributed by atoms with Crippen molar-refractivity contribution in [3.05, 3.63) is 0 Å². The molecule has 0 bridgehead atoms. The number of aldehydes is 1. The summed E-state index contributed by atoms with van der Waals surface area (Å²) in [5.41, 5.74) is 0. The molecule has 2 nitrogen and oxygen atoms in total. The fraction of sp³-hybridized carbons (Fsp3) is 0.917. The highest BCUT2D eigenvalue weighted by atomic mass is 16.1. The van der Waals surface area contributed by atoms with Crippen molar-refractivity contribution >= 4 is 6.29 Å². The third-order valence-electron chi connectivity index (χ3n) is 1.68. The fourth-order valence-electron chi connectivity index (χ4n) is 1.01. The summed E-state index contributed by atoms with van der Waals surface area (Å²) in [4.78, 5) is 11.9. The van der Waals surface area contributed by atoms with Crippen LogP contribution in [0.3, 0.4) is 0 Å². The van der Waals surface area contributed by atoms with E-state index in [2.05, 4.69) is 6.92 Å². The zero-order valence-electron chi connectivity index (χ0n) is 10.4. The van der Waals surface area contributed by atoms with Crippen molar-refractivity contribution in [1.29, 1.82) is 0 Å². The zero-order valence-corrected chi connectivity index (χ0v) is 10.4. The van der Waals surface area contributed by atoms with Gasteiger partial charge in [-0.3, -0.25) is 0 Å². The first-order valence-corrected chi connectivity index (χ1v) is 5.69. The topological polar surface area (TPSA) is 20.3 Å². The van der Waals surface area contributed by atoms with Crippen molar-refractivity contribution in [2.45, 2.75) is 51.9 Å². The van der Waals surface area contributed by atoms with Crippen molar-refractivity contribution in [3.8, 4) is 0 Å². The second kappa shape index (κ2) is 15.1. The van der Waals surface area contributed by atoms with Gasteiger partial charge < -0.3 is 9.69 Å². The zero-order chi connectivity index (χ0) is 11.2. The molecule has 0 aromatic rings. The molecule has 0 atom stereocenters. The van der Waals surface area contributed by atoms with E-state index in [4.69, 9.17) is 0 Å². The van der Waals surface area contributed by atoms with Crippen LogP contribution in [-0.4, -0.2) is 32.3 Å². The summed E-state index contributed by atoms with van der Waals surface area (Å²) in [5.74, 6) is 0. The summed E-state index contributed by atoms with van der Waals surface area (Å²) >= 11 is 0. The summed E-state index contributed by atoms with van der Waals surface area (Å²) in [6.07, 6.45) is 9.39. The van der Waals surface area contributed by atoms with Gasteiger partial charge in [0.05, 0.1) is 0 Å². The molecule has 2 heteroatoms. The maximum absolute atomic E-state index is 9.89. The maximum atomic E-state index is 9.89. The second-order valence-corrected chi connectivity index (χ2v) is 4.06. The van der Waals surface area contributed by atoms with Gasteiger partial charge in [-0.2, -0.15) is 0 Å². The van der Waals surface area contributed by atoms with Crippen LogP contribution in [-0.2, 0) is 4.79 Å². The summed E-state index contributed by atoms with van der Waals surface area (Å²) < 4.78 is 0. The van der Waals surface area contributed by atoms with Crippen LogP contribution in [0.5, 0.6) is 0 Å². The largest absolute Gasteiger partial charge is 0.312 e. The van der Waals surface area contributed by atoms with Gasteiger partial charge in [0.1, 0.15) is 6.29 Å². The molecule has 0 amide bonds. The van der Waals surface area contributed by atoms with Crippen LogP contribution in [0.25, 0.3) is 0 Å². The molecule has 0 unspecified atom stereocenters. The molecule has 0 saturated heterocycles. The molecule has 86 valence electrons. The third kappa shape index (κ3) is 29.9. The minimum Gasteiger partial charge on any atom is -0.312 e. The Hall–Kier alpha value is -0.370. The van der Waals surface area contributed by atoms with Crippen LogP contribution in [0.15, 0.2) is 0 Å². The van der Waals surface area contributed by atoms with Gasteiger partial charge in [0.25, 0.3) is 0 Å². The summed E-state index contributed by atoms with van der Waals surface area (Å²) in [7, 11) is 6.00. The van der Waals surface area contributed by atoms with Crippen molar-refractivity contribution in [2.75, 3.05) is 21.1 Å². The third-order valence-corrected chi connectivity index (χ3v) is 1.68. The Kier molecular flexibility index (Phi) is 17.4. The SMILES string of the molecule is CCCCCCCCC=O.CN(C)C. The van der Waals surface area contributed by atoms with Crippen LogP contribution in [0.1, 0.15) is 51.9 Å². The van der Waals surface area contributed by atoms with E-state index >= 15 is 0 Å². The quantitative estimate of drug-likeness (QED) is 0.466. The first-order chi connectivity index (χ1) is 6.65. The summed E-state index contributed by atoms with van der Waals surface area (Å²) in [5, 5.41) is 0. The number of hydrogen-bond acceptors (Lipinski definition) is 2. The number of unbranched alkanes of at least 4 members (excludes halogenated alkanes) is 6. The highest BCUT2D eigenvalue weighted by Gasteiger charge is 1.87. The first kappa shape index (κ1) is 16.1. The molecule has 0 aliphatic rings. The molecule has 0 aliphatic heterocycles. The van der Waals surface area contributed by atoms with Crippen LogP contribution >= 0.6 is 0 Å². The van der Waals surface area contributed by atoms with Crippen molar-refractivity contribution in [1.82, 2.24) is 4.90 Å². The molecule has 0 rings (SSSR count). The Morgan fingerprint density at radius 1 is 0.929 bits per heavy atom. The number of hydrogen-bond donors (Lipinski definition) is 0. The van der Waals surface area contributed by atoms with Crippen LogP contribution in [0.2, 0.25) is 0 Å². The number of carbonyl (C=O) groups excluding carboxylic acids is 1. The molecule has 14 heavy (non-hydrogen) atoms. The van der Waals surface area contributed by atoms with E-state index in [1.54, 1.807) is 0 Å². The van der Waals surface area contributed by atoms with Gasteiger partial charge >= 0.3 is 0 Å². The molecule has 0 fully saturated rings. The molecule has 0 aromatic carbocycles. The normalized spacial score (nSPS) is 9.50. The lowest BCUT2D eigenvalue weighted by Gasteiger charge is -1.95. The molecule has 0 aromatic heterocycles. The molecule has 0 heterocycles. The minimum absolute atomic E-state index is 0.756. The molecule has 0 radical (unpaired) electrons. The average Bonchev–Trinajstić information content (AvgIpc) is 2.10. The predicted octanol–water partition coefficient (Wildman–Crippen LogP) is 3.11. The van der Waals surface area contributed by atoms with Crippen LogP contribution in [0.4, 0.5) is 0 Å². The summed E-state index contributed by atoms with van der Waals surface area (Å²) in [6, 6.07) is 0. The van der Waals surface area contributed by atoms with Gasteiger partial charge in [-0.25, -0.2) is 0 Å². The van der Waals surface area contributed by atoms with Gasteiger partial charge in [-0.1, -0.05) is 39.0 Å². The van der Waals surface area contributed by atoms with Crippen molar-refractivity contribution in [3.63, 3.8) is 0 Å². The monoisotopic (exact) mass is 201 g/mol. The molecular formula is C12H27NO. The van der Waals surface area contributed by atoms with Gasteiger partial charge in [0.15, 0.2) is 0 Å². The first-order valence-electron chi connectivity index (χ1n) is 5.69. The molecular weight excluding hydrogens is 174 g/mol. The average molecular weight is 201 g/mol. The standard InChI is InChI=1S/C9H18O.C3H9N/c1-2-3-4-5-6-7-8-9-10;1-4(2)3/h9H,2-8H2,1H3;1-3H3. The lowest BCUT2D eigenvalue weighted by molar-refractivity contribution is -0.107. The Bertz CT molecular complexity index is 99.7.